The average Bonchev–Trinajstić information content (AvgIpc) is 3.65. The largest absolute Gasteiger partial charge is 0.496 e. The van der Waals surface area contributed by atoms with Crippen LogP contribution in [0.2, 0.25) is 0 Å². The fraction of sp³-hybridized carbons (Fsp3) is 0.348. The minimum atomic E-state index is -0.432. The van der Waals surface area contributed by atoms with E-state index in [-0.39, 0.29) is 0 Å². The third-order valence-corrected chi connectivity index (χ3v) is 8.04. The van der Waals surface area contributed by atoms with Crippen molar-refractivity contribution in [3.8, 4) is 28.1 Å². The van der Waals surface area contributed by atoms with Crippen LogP contribution in [0.15, 0.2) is 34.2 Å². The van der Waals surface area contributed by atoms with Crippen molar-refractivity contribution in [3.05, 3.63) is 40.5 Å². The van der Waals surface area contributed by atoms with Crippen LogP contribution in [-0.2, 0) is 16.9 Å². The van der Waals surface area contributed by atoms with Crippen LogP contribution >= 0.6 is 22.7 Å². The van der Waals surface area contributed by atoms with Crippen molar-refractivity contribution < 1.29 is 23.4 Å². The fourth-order valence-corrected chi connectivity index (χ4v) is 5.75. The summed E-state index contributed by atoms with van der Waals surface area (Å²) in [5, 5.41) is 8.68. The molecule has 0 saturated carbocycles. The molecule has 0 amide bonds. The summed E-state index contributed by atoms with van der Waals surface area (Å²) in [4.78, 5) is 9.89. The van der Waals surface area contributed by atoms with Crippen LogP contribution in [0.1, 0.15) is 23.5 Å². The van der Waals surface area contributed by atoms with E-state index in [1.165, 1.54) is 11.3 Å². The highest BCUT2D eigenvalue weighted by atomic mass is 32.1. The molecule has 0 radical (unpaired) electrons. The first-order chi connectivity index (χ1) is 17.1. The van der Waals surface area contributed by atoms with Crippen molar-refractivity contribution in [2.75, 3.05) is 27.4 Å². The van der Waals surface area contributed by atoms with Crippen LogP contribution in [0.4, 0.5) is 0 Å². The predicted octanol–water partition coefficient (Wildman–Crippen LogP) is 4.22. The smallest absolute Gasteiger partial charge is 0.294 e. The topological polar surface area (TPSA) is 119 Å². The monoisotopic (exact) mass is 513 g/mol. The van der Waals surface area contributed by atoms with Crippen molar-refractivity contribution >= 4 is 38.6 Å². The number of thiazole rings is 1. The summed E-state index contributed by atoms with van der Waals surface area (Å²) in [5.74, 6) is 1.87. The van der Waals surface area contributed by atoms with Gasteiger partial charge in [-0.25, -0.2) is 9.97 Å². The molecule has 0 unspecified atom stereocenters. The van der Waals surface area contributed by atoms with E-state index >= 15 is 0 Å². The Morgan fingerprint density at radius 2 is 2.03 bits per heavy atom. The number of nitrogens with zero attached hydrogens (tertiary/aromatic N) is 4. The molecule has 1 aliphatic rings. The van der Waals surface area contributed by atoms with E-state index in [4.69, 9.17) is 34.1 Å². The third-order valence-electron chi connectivity index (χ3n) is 6.04. The van der Waals surface area contributed by atoms with E-state index in [9.17, 15) is 0 Å². The lowest BCUT2D eigenvalue weighted by molar-refractivity contribution is 0.0521. The van der Waals surface area contributed by atoms with Crippen LogP contribution in [0.5, 0.6) is 16.7 Å². The second-order valence-corrected chi connectivity index (χ2v) is 10.0. The minimum Gasteiger partial charge on any atom is -0.496 e. The molecule has 4 aromatic heterocycles. The Morgan fingerprint density at radius 1 is 1.17 bits per heavy atom. The van der Waals surface area contributed by atoms with Crippen molar-refractivity contribution in [1.29, 1.82) is 0 Å². The highest BCUT2D eigenvalue weighted by molar-refractivity contribution is 7.18. The van der Waals surface area contributed by atoms with Gasteiger partial charge in [0.2, 0.25) is 4.96 Å². The van der Waals surface area contributed by atoms with Gasteiger partial charge in [0.15, 0.2) is 5.76 Å². The Kier molecular flexibility index (Phi) is 5.60. The summed E-state index contributed by atoms with van der Waals surface area (Å²) in [5.41, 5.74) is 8.34. The number of rotatable bonds is 7. The molecular formula is C23H23N5O5S2. The number of aromatic nitrogens is 4. The lowest BCUT2D eigenvalue weighted by atomic mass is 9.92. The Labute approximate surface area is 208 Å². The molecule has 0 aliphatic carbocycles. The van der Waals surface area contributed by atoms with Crippen LogP contribution in [0, 0.1) is 0 Å². The molecular weight excluding hydrogens is 490 g/mol. The van der Waals surface area contributed by atoms with Crippen LogP contribution in [0.3, 0.4) is 0 Å². The summed E-state index contributed by atoms with van der Waals surface area (Å²) in [6, 6.07) is 5.59. The lowest BCUT2D eigenvalue weighted by Crippen LogP contribution is -2.42. The maximum absolute atomic E-state index is 6.59. The molecule has 1 saturated heterocycles. The van der Waals surface area contributed by atoms with E-state index in [0.717, 1.165) is 34.6 Å². The van der Waals surface area contributed by atoms with Gasteiger partial charge >= 0.3 is 0 Å². The Morgan fingerprint density at radius 3 is 2.83 bits per heavy atom. The number of imidazole rings is 1. The standard InChI is InChI=1S/C23H23N5O5S2/c1-29-14-7-17(32-11-13-12-34-20(26-13)23(24)3-5-31-6-4-23)15-9-19(33-18(15)8-14)16-10-25-21-28(16)27-22(30-2)35-21/h7-10,12H,3-6,11,24H2,1-2H3. The summed E-state index contributed by atoms with van der Waals surface area (Å²) < 4.78 is 30.2. The summed E-state index contributed by atoms with van der Waals surface area (Å²) in [6.45, 7) is 1.61. The molecule has 1 aliphatic heterocycles. The molecule has 0 bridgehead atoms. The number of fused-ring (bicyclic) bond motifs is 2. The summed E-state index contributed by atoms with van der Waals surface area (Å²) >= 11 is 2.92. The molecule has 0 spiro atoms. The van der Waals surface area contributed by atoms with Gasteiger partial charge in [0.1, 0.15) is 34.4 Å². The zero-order valence-electron chi connectivity index (χ0n) is 19.1. The van der Waals surface area contributed by atoms with Gasteiger partial charge < -0.3 is 29.1 Å². The highest BCUT2D eigenvalue weighted by Gasteiger charge is 2.33. The maximum atomic E-state index is 6.59. The highest BCUT2D eigenvalue weighted by Crippen LogP contribution is 2.38. The zero-order valence-corrected chi connectivity index (χ0v) is 20.8. The van der Waals surface area contributed by atoms with E-state index in [1.807, 2.05) is 23.6 Å². The summed E-state index contributed by atoms with van der Waals surface area (Å²) in [7, 11) is 3.19. The van der Waals surface area contributed by atoms with Gasteiger partial charge in [-0.15, -0.1) is 16.4 Å². The zero-order chi connectivity index (χ0) is 24.0. The number of hydrogen-bond acceptors (Lipinski definition) is 11. The first-order valence-electron chi connectivity index (χ1n) is 11.0. The van der Waals surface area contributed by atoms with Crippen molar-refractivity contribution in [3.63, 3.8) is 0 Å². The van der Waals surface area contributed by atoms with E-state index in [0.29, 0.717) is 52.8 Å². The third kappa shape index (κ3) is 4.01. The molecule has 1 aromatic carbocycles. The second kappa shape index (κ2) is 8.79. The predicted molar refractivity (Wildman–Crippen MR) is 132 cm³/mol. The van der Waals surface area contributed by atoms with E-state index in [1.54, 1.807) is 36.3 Å². The summed E-state index contributed by atoms with van der Waals surface area (Å²) in [6.07, 6.45) is 3.26. The molecule has 1 fully saturated rings. The molecule has 5 heterocycles. The Balaban J connectivity index is 1.30. The minimum absolute atomic E-state index is 0.298. The molecule has 12 heteroatoms. The normalized spacial score (nSPS) is 15.6. The van der Waals surface area contributed by atoms with Gasteiger partial charge in [0.05, 0.1) is 37.0 Å². The quantitative estimate of drug-likeness (QED) is 0.341. The van der Waals surface area contributed by atoms with Gasteiger partial charge in [0, 0.05) is 30.7 Å². The number of hydrogen-bond donors (Lipinski definition) is 1. The van der Waals surface area contributed by atoms with E-state index < -0.39 is 5.54 Å². The molecule has 182 valence electrons. The van der Waals surface area contributed by atoms with Gasteiger partial charge in [-0.3, -0.25) is 0 Å². The number of ether oxygens (including phenoxy) is 4. The first kappa shape index (κ1) is 22.3. The Hall–Kier alpha value is -3.19. The molecule has 5 aromatic rings. The van der Waals surface area contributed by atoms with Crippen LogP contribution in [0.25, 0.3) is 27.4 Å². The van der Waals surface area contributed by atoms with Crippen molar-refractivity contribution in [2.24, 2.45) is 5.73 Å². The van der Waals surface area contributed by atoms with Crippen LogP contribution < -0.4 is 19.9 Å². The Bertz CT molecular complexity index is 1500. The molecule has 0 atom stereocenters. The van der Waals surface area contributed by atoms with Gasteiger partial charge in [-0.1, -0.05) is 0 Å². The van der Waals surface area contributed by atoms with Crippen LogP contribution in [-0.4, -0.2) is 47.0 Å². The second-order valence-electron chi connectivity index (χ2n) is 8.26. The fourth-order valence-electron chi connectivity index (χ4n) is 4.08. The van der Waals surface area contributed by atoms with Gasteiger partial charge in [-0.05, 0) is 30.2 Å². The van der Waals surface area contributed by atoms with Gasteiger partial charge in [-0.2, -0.15) is 4.52 Å². The number of benzene rings is 1. The maximum Gasteiger partial charge on any atom is 0.294 e. The number of methoxy groups -OCH3 is 2. The number of furan rings is 1. The molecule has 6 rings (SSSR count). The number of nitrogens with two attached hydrogens (primary N) is 1. The SMILES string of the molecule is COc1cc(OCc2csc(C3(N)CCOCC3)n2)c2cc(-c3cnc4sc(OC)nn34)oc2c1. The molecule has 35 heavy (non-hydrogen) atoms. The van der Waals surface area contributed by atoms with E-state index in [2.05, 4.69) is 10.1 Å². The van der Waals surface area contributed by atoms with Gasteiger partial charge in [0.25, 0.3) is 5.19 Å². The van der Waals surface area contributed by atoms with Crippen molar-refractivity contribution in [1.82, 2.24) is 19.6 Å². The molecule has 10 nitrogen and oxygen atoms in total. The first-order valence-corrected chi connectivity index (χ1v) is 12.7. The average molecular weight is 514 g/mol. The van der Waals surface area contributed by atoms with Crippen molar-refractivity contribution in [2.45, 2.75) is 25.0 Å². The lowest BCUT2D eigenvalue weighted by Gasteiger charge is -2.31. The molecule has 2 N–H and O–H groups in total.